The lowest BCUT2D eigenvalue weighted by Crippen LogP contribution is -2.45. The molecule has 0 aromatic heterocycles. The SMILES string of the molecule is CCC(C)C(NS(=O)(=O)CBr)C(=O)OC. The van der Waals surface area contributed by atoms with Crippen LogP contribution >= 0.6 is 15.9 Å². The number of carbonyl (C=O) groups excluding carboxylic acids is 1. The van der Waals surface area contributed by atoms with Gasteiger partial charge in [0.15, 0.2) is 0 Å². The Bertz CT molecular complexity index is 304. The maximum atomic E-state index is 11.3. The van der Waals surface area contributed by atoms with Gasteiger partial charge in [-0.25, -0.2) is 8.42 Å². The molecule has 0 aliphatic carbocycles. The minimum Gasteiger partial charge on any atom is -0.468 e. The van der Waals surface area contributed by atoms with Gasteiger partial charge in [0.1, 0.15) is 10.7 Å². The first-order valence-corrected chi connectivity index (χ1v) is 7.29. The second kappa shape index (κ2) is 6.44. The van der Waals surface area contributed by atoms with Crippen molar-refractivity contribution in [3.05, 3.63) is 0 Å². The first-order chi connectivity index (χ1) is 6.87. The Labute approximate surface area is 98.7 Å². The Balaban J connectivity index is 4.74. The molecule has 0 amide bonds. The van der Waals surface area contributed by atoms with Gasteiger partial charge in [0, 0.05) is 0 Å². The van der Waals surface area contributed by atoms with Crippen molar-refractivity contribution in [3.8, 4) is 0 Å². The summed E-state index contributed by atoms with van der Waals surface area (Å²) in [6, 6.07) is -0.817. The molecule has 0 spiro atoms. The van der Waals surface area contributed by atoms with E-state index in [1.807, 2.05) is 6.92 Å². The van der Waals surface area contributed by atoms with Crippen molar-refractivity contribution in [2.75, 3.05) is 11.8 Å². The molecule has 15 heavy (non-hydrogen) atoms. The summed E-state index contributed by atoms with van der Waals surface area (Å²) in [6.45, 7) is 3.67. The van der Waals surface area contributed by atoms with Gasteiger partial charge in [-0.15, -0.1) is 0 Å². The summed E-state index contributed by atoms with van der Waals surface area (Å²) in [5, 5.41) is 0. The Morgan fingerprint density at radius 2 is 2.07 bits per heavy atom. The smallest absolute Gasteiger partial charge is 0.324 e. The minimum absolute atomic E-state index is 0.105. The fourth-order valence-corrected chi connectivity index (χ4v) is 2.16. The quantitative estimate of drug-likeness (QED) is 0.583. The molecule has 0 bridgehead atoms. The summed E-state index contributed by atoms with van der Waals surface area (Å²) >= 11 is 2.84. The van der Waals surface area contributed by atoms with E-state index in [1.54, 1.807) is 6.92 Å². The topological polar surface area (TPSA) is 72.5 Å². The van der Waals surface area contributed by atoms with Crippen LogP contribution in [0.3, 0.4) is 0 Å². The number of ether oxygens (including phenoxy) is 1. The van der Waals surface area contributed by atoms with Crippen molar-refractivity contribution < 1.29 is 17.9 Å². The monoisotopic (exact) mass is 301 g/mol. The highest BCUT2D eigenvalue weighted by molar-refractivity contribution is 9.10. The number of hydrogen-bond donors (Lipinski definition) is 1. The first kappa shape index (κ1) is 14.9. The fraction of sp³-hybridized carbons (Fsp3) is 0.875. The lowest BCUT2D eigenvalue weighted by Gasteiger charge is -2.20. The Kier molecular flexibility index (Phi) is 6.38. The zero-order chi connectivity index (χ0) is 12.1. The van der Waals surface area contributed by atoms with Crippen molar-refractivity contribution in [2.45, 2.75) is 26.3 Å². The van der Waals surface area contributed by atoms with Crippen LogP contribution in [0.5, 0.6) is 0 Å². The van der Waals surface area contributed by atoms with Crippen molar-refractivity contribution in [1.29, 1.82) is 0 Å². The maximum Gasteiger partial charge on any atom is 0.324 e. The molecule has 0 radical (unpaired) electrons. The van der Waals surface area contributed by atoms with Crippen molar-refractivity contribution in [2.24, 2.45) is 5.92 Å². The lowest BCUT2D eigenvalue weighted by atomic mass is 10.0. The number of methoxy groups -OCH3 is 1. The van der Waals surface area contributed by atoms with E-state index >= 15 is 0 Å². The van der Waals surface area contributed by atoms with Gasteiger partial charge in [0.2, 0.25) is 10.0 Å². The zero-order valence-corrected chi connectivity index (χ0v) is 11.4. The van der Waals surface area contributed by atoms with Crippen molar-refractivity contribution in [1.82, 2.24) is 4.72 Å². The van der Waals surface area contributed by atoms with Gasteiger partial charge in [0.05, 0.1) is 7.11 Å². The van der Waals surface area contributed by atoms with Gasteiger partial charge in [-0.1, -0.05) is 36.2 Å². The van der Waals surface area contributed by atoms with E-state index in [4.69, 9.17) is 0 Å². The summed E-state index contributed by atoms with van der Waals surface area (Å²) in [5.41, 5.74) is 0. The molecule has 0 saturated heterocycles. The Morgan fingerprint density at radius 3 is 2.40 bits per heavy atom. The summed E-state index contributed by atoms with van der Waals surface area (Å²) in [6.07, 6.45) is 0.685. The van der Waals surface area contributed by atoms with Gasteiger partial charge >= 0.3 is 5.97 Å². The average Bonchev–Trinajstić information content (AvgIpc) is 2.23. The van der Waals surface area contributed by atoms with Crippen LogP contribution in [0.25, 0.3) is 0 Å². The van der Waals surface area contributed by atoms with Crippen molar-refractivity contribution in [3.63, 3.8) is 0 Å². The van der Waals surface area contributed by atoms with Crippen LogP contribution in [-0.4, -0.2) is 32.2 Å². The number of esters is 1. The standard InChI is InChI=1S/C8H16BrNO4S/c1-4-6(2)7(8(11)14-3)10-15(12,13)5-9/h6-7,10H,4-5H2,1-3H3. The Hall–Kier alpha value is -0.140. The molecule has 90 valence electrons. The van der Waals surface area contributed by atoms with E-state index in [-0.39, 0.29) is 10.6 Å². The normalized spacial score (nSPS) is 15.7. The highest BCUT2D eigenvalue weighted by Gasteiger charge is 2.28. The highest BCUT2D eigenvalue weighted by Crippen LogP contribution is 2.11. The fourth-order valence-electron chi connectivity index (χ4n) is 0.984. The molecule has 0 rings (SSSR count). The van der Waals surface area contributed by atoms with E-state index in [0.29, 0.717) is 6.42 Å². The number of alkyl halides is 1. The molecule has 0 heterocycles. The average molecular weight is 302 g/mol. The second-order valence-electron chi connectivity index (χ2n) is 3.23. The number of hydrogen-bond acceptors (Lipinski definition) is 4. The predicted molar refractivity (Wildman–Crippen MR) is 61.1 cm³/mol. The van der Waals surface area contributed by atoms with Crippen LogP contribution in [-0.2, 0) is 19.6 Å². The van der Waals surface area contributed by atoms with Crippen LogP contribution in [0, 0.1) is 5.92 Å². The minimum atomic E-state index is -3.46. The number of rotatable bonds is 6. The molecule has 2 atom stereocenters. The highest BCUT2D eigenvalue weighted by atomic mass is 79.9. The number of sulfonamides is 1. The van der Waals surface area contributed by atoms with Gasteiger partial charge < -0.3 is 4.74 Å². The summed E-state index contributed by atoms with van der Waals surface area (Å²) in [4.78, 5) is 11.3. The van der Waals surface area contributed by atoms with Gasteiger partial charge in [-0.2, -0.15) is 4.72 Å². The van der Waals surface area contributed by atoms with Crippen LogP contribution in [0.2, 0.25) is 0 Å². The number of nitrogens with one attached hydrogen (secondary N) is 1. The van der Waals surface area contributed by atoms with E-state index in [1.165, 1.54) is 7.11 Å². The van der Waals surface area contributed by atoms with Crippen LogP contribution in [0.1, 0.15) is 20.3 Å². The largest absolute Gasteiger partial charge is 0.468 e. The third-order valence-corrected chi connectivity index (χ3v) is 4.83. The third kappa shape index (κ3) is 4.94. The van der Waals surface area contributed by atoms with Gasteiger partial charge in [0.25, 0.3) is 0 Å². The molecule has 0 aliphatic heterocycles. The van der Waals surface area contributed by atoms with E-state index < -0.39 is 22.0 Å². The molecule has 5 nitrogen and oxygen atoms in total. The number of carbonyl (C=O) groups is 1. The van der Waals surface area contributed by atoms with Gasteiger partial charge in [-0.3, -0.25) is 4.79 Å². The predicted octanol–water partition coefficient (Wildman–Crippen LogP) is 0.846. The zero-order valence-electron chi connectivity index (χ0n) is 8.99. The molecule has 7 heteroatoms. The van der Waals surface area contributed by atoms with Crippen molar-refractivity contribution >= 4 is 31.9 Å². The summed E-state index contributed by atoms with van der Waals surface area (Å²) in [5.74, 6) is -0.667. The lowest BCUT2D eigenvalue weighted by molar-refractivity contribution is -0.143. The number of halogens is 1. The first-order valence-electron chi connectivity index (χ1n) is 4.51. The molecule has 0 aromatic rings. The van der Waals surface area contributed by atoms with Gasteiger partial charge in [-0.05, 0) is 5.92 Å². The van der Waals surface area contributed by atoms with Crippen LogP contribution < -0.4 is 4.72 Å². The molecule has 1 N–H and O–H groups in total. The Morgan fingerprint density at radius 1 is 1.53 bits per heavy atom. The third-order valence-electron chi connectivity index (χ3n) is 2.12. The molecule has 0 aromatic carbocycles. The molecule has 0 saturated carbocycles. The van der Waals surface area contributed by atoms with Crippen LogP contribution in [0.4, 0.5) is 0 Å². The molecule has 2 unspecified atom stereocenters. The summed E-state index contributed by atoms with van der Waals surface area (Å²) < 4.78 is 29.2. The molecular weight excluding hydrogens is 286 g/mol. The molecular formula is C8H16BrNO4S. The second-order valence-corrected chi connectivity index (χ2v) is 6.28. The van der Waals surface area contributed by atoms with E-state index in [0.717, 1.165) is 0 Å². The van der Waals surface area contributed by atoms with Crippen LogP contribution in [0.15, 0.2) is 0 Å². The molecule has 0 fully saturated rings. The maximum absolute atomic E-state index is 11.3. The van der Waals surface area contributed by atoms with E-state index in [9.17, 15) is 13.2 Å². The summed E-state index contributed by atoms with van der Waals surface area (Å²) in [7, 11) is -2.23. The van der Waals surface area contributed by atoms with E-state index in [2.05, 4.69) is 25.4 Å². The molecule has 0 aliphatic rings.